The molecule has 26 heavy (non-hydrogen) atoms. The Kier molecular flexibility index (Phi) is 6.10. The van der Waals surface area contributed by atoms with E-state index >= 15 is 0 Å². The fourth-order valence-corrected chi connectivity index (χ4v) is 3.13. The molecule has 1 aliphatic heterocycles. The number of carbonyl (C=O) groups excluding carboxylic acids is 1. The minimum atomic E-state index is -0.191. The molecule has 0 aliphatic carbocycles. The Hall–Kier alpha value is -2.56. The average Bonchev–Trinajstić information content (AvgIpc) is 2.69. The first-order chi connectivity index (χ1) is 12.7. The first-order valence-electron chi connectivity index (χ1n) is 9.54. The molecular weight excluding hydrogens is 324 g/mol. The number of aromatic nitrogens is 1. The first-order valence-corrected chi connectivity index (χ1v) is 9.54. The number of hydrogen-bond acceptors (Lipinski definition) is 4. The van der Waals surface area contributed by atoms with Crippen LogP contribution >= 0.6 is 0 Å². The van der Waals surface area contributed by atoms with E-state index in [9.17, 15) is 4.79 Å². The molecule has 1 amide bonds. The van der Waals surface area contributed by atoms with E-state index in [1.54, 1.807) is 12.3 Å². The van der Waals surface area contributed by atoms with Crippen LogP contribution in [0.5, 0.6) is 0 Å². The number of nitrogens with one attached hydrogen (secondary N) is 2. The molecule has 2 N–H and O–H groups in total. The van der Waals surface area contributed by atoms with E-state index in [2.05, 4.69) is 46.5 Å². The summed E-state index contributed by atoms with van der Waals surface area (Å²) in [6, 6.07) is 12.1. The molecule has 1 aromatic carbocycles. The van der Waals surface area contributed by atoms with Gasteiger partial charge in [0, 0.05) is 42.4 Å². The van der Waals surface area contributed by atoms with Crippen molar-refractivity contribution in [2.24, 2.45) is 0 Å². The number of nitrogens with zero attached hydrogens (tertiary/aromatic N) is 2. The van der Waals surface area contributed by atoms with Gasteiger partial charge in [0.05, 0.1) is 0 Å². The Morgan fingerprint density at radius 3 is 2.54 bits per heavy atom. The van der Waals surface area contributed by atoms with Gasteiger partial charge in [-0.05, 0) is 69.0 Å². The van der Waals surface area contributed by atoms with Gasteiger partial charge in [-0.1, -0.05) is 6.92 Å². The molecule has 2 aromatic rings. The van der Waals surface area contributed by atoms with Crippen LogP contribution in [0.15, 0.2) is 42.6 Å². The Bertz CT molecular complexity index is 723. The summed E-state index contributed by atoms with van der Waals surface area (Å²) in [6.07, 6.45) is 6.52. The van der Waals surface area contributed by atoms with E-state index in [-0.39, 0.29) is 5.91 Å². The molecule has 3 rings (SSSR count). The molecular formula is C21H28N4O. The number of carbonyl (C=O) groups is 1. The molecule has 0 radical (unpaired) electrons. The maximum Gasteiger partial charge on any atom is 0.274 e. The lowest BCUT2D eigenvalue weighted by atomic mass is 10.1. The van der Waals surface area contributed by atoms with Gasteiger partial charge in [-0.2, -0.15) is 0 Å². The fraction of sp³-hybridized carbons (Fsp3) is 0.429. The number of amides is 1. The van der Waals surface area contributed by atoms with Crippen molar-refractivity contribution in [3.63, 3.8) is 0 Å². The number of pyridine rings is 1. The number of anilines is 3. The van der Waals surface area contributed by atoms with Gasteiger partial charge in [0.15, 0.2) is 0 Å². The molecule has 138 valence electrons. The zero-order valence-electron chi connectivity index (χ0n) is 15.7. The van der Waals surface area contributed by atoms with Gasteiger partial charge < -0.3 is 15.5 Å². The molecule has 5 nitrogen and oxygen atoms in total. The third kappa shape index (κ3) is 4.75. The third-order valence-electron chi connectivity index (χ3n) is 4.86. The quantitative estimate of drug-likeness (QED) is 0.802. The number of hydrogen-bond donors (Lipinski definition) is 2. The summed E-state index contributed by atoms with van der Waals surface area (Å²) in [4.78, 5) is 19.1. The topological polar surface area (TPSA) is 57.3 Å². The third-order valence-corrected chi connectivity index (χ3v) is 4.86. The summed E-state index contributed by atoms with van der Waals surface area (Å²) < 4.78 is 0. The Balaban J connectivity index is 1.63. The normalized spacial score (nSPS) is 15.4. The molecule has 0 spiro atoms. The van der Waals surface area contributed by atoms with E-state index < -0.39 is 0 Å². The van der Waals surface area contributed by atoms with Crippen molar-refractivity contribution in [2.45, 2.75) is 45.6 Å². The van der Waals surface area contributed by atoms with E-state index in [1.807, 2.05) is 18.2 Å². The second kappa shape index (κ2) is 8.70. The molecule has 1 fully saturated rings. The molecule has 5 heteroatoms. The van der Waals surface area contributed by atoms with Gasteiger partial charge in [-0.3, -0.25) is 9.78 Å². The van der Waals surface area contributed by atoms with Crippen LogP contribution in [0.1, 0.15) is 50.0 Å². The summed E-state index contributed by atoms with van der Waals surface area (Å²) in [5.74, 6) is -0.191. The highest BCUT2D eigenvalue weighted by Crippen LogP contribution is 2.22. The summed E-state index contributed by atoms with van der Waals surface area (Å²) in [6.45, 7) is 6.47. The van der Waals surface area contributed by atoms with Crippen LogP contribution in [0.4, 0.5) is 17.1 Å². The lowest BCUT2D eigenvalue weighted by Crippen LogP contribution is -2.29. The van der Waals surface area contributed by atoms with E-state index in [0.717, 1.165) is 30.9 Å². The van der Waals surface area contributed by atoms with E-state index in [0.29, 0.717) is 11.7 Å². The highest BCUT2D eigenvalue weighted by molar-refractivity contribution is 6.03. The molecule has 1 atom stereocenters. The van der Waals surface area contributed by atoms with Crippen LogP contribution in [-0.2, 0) is 0 Å². The van der Waals surface area contributed by atoms with Crippen molar-refractivity contribution in [1.29, 1.82) is 0 Å². The van der Waals surface area contributed by atoms with Crippen molar-refractivity contribution in [2.75, 3.05) is 28.6 Å². The first kappa shape index (κ1) is 18.2. The lowest BCUT2D eigenvalue weighted by Gasteiger charge is -2.28. The zero-order chi connectivity index (χ0) is 18.4. The van der Waals surface area contributed by atoms with Crippen LogP contribution < -0.4 is 15.5 Å². The largest absolute Gasteiger partial charge is 0.382 e. The molecule has 0 bridgehead atoms. The predicted molar refractivity (Wildman–Crippen MR) is 108 cm³/mol. The van der Waals surface area contributed by atoms with Gasteiger partial charge in [-0.25, -0.2) is 0 Å². The van der Waals surface area contributed by atoms with Crippen molar-refractivity contribution in [3.05, 3.63) is 48.3 Å². The Labute approximate surface area is 155 Å². The standard InChI is InChI=1S/C21H28N4O/c1-3-16(2)23-18-11-12-22-20(15-18)21(26)24-17-7-9-19(10-8-17)25-13-5-4-6-14-25/h7-12,15-16H,3-6,13-14H2,1-2H3,(H,22,23)(H,24,26). The minimum absolute atomic E-state index is 0.191. The minimum Gasteiger partial charge on any atom is -0.382 e. The fourth-order valence-electron chi connectivity index (χ4n) is 3.13. The van der Waals surface area contributed by atoms with Gasteiger partial charge in [-0.15, -0.1) is 0 Å². The highest BCUT2D eigenvalue weighted by Gasteiger charge is 2.12. The summed E-state index contributed by atoms with van der Waals surface area (Å²) in [5, 5.41) is 6.30. The smallest absolute Gasteiger partial charge is 0.274 e. The summed E-state index contributed by atoms with van der Waals surface area (Å²) in [7, 11) is 0. The van der Waals surface area contributed by atoms with Crippen LogP contribution in [-0.4, -0.2) is 30.0 Å². The zero-order valence-corrected chi connectivity index (χ0v) is 15.7. The van der Waals surface area contributed by atoms with Crippen LogP contribution in [0.2, 0.25) is 0 Å². The maximum atomic E-state index is 12.5. The number of benzene rings is 1. The SMILES string of the molecule is CCC(C)Nc1ccnc(C(=O)Nc2ccc(N3CCCCC3)cc2)c1. The summed E-state index contributed by atoms with van der Waals surface area (Å²) in [5.41, 5.74) is 3.34. The molecule has 0 saturated carbocycles. The summed E-state index contributed by atoms with van der Waals surface area (Å²) >= 11 is 0. The predicted octanol–water partition coefficient (Wildman–Crippen LogP) is 4.53. The molecule has 1 aliphatic rings. The molecule has 2 heterocycles. The van der Waals surface area contributed by atoms with Crippen LogP contribution in [0.3, 0.4) is 0 Å². The van der Waals surface area contributed by atoms with Crippen LogP contribution in [0, 0.1) is 0 Å². The lowest BCUT2D eigenvalue weighted by molar-refractivity contribution is 0.102. The van der Waals surface area contributed by atoms with Gasteiger partial charge >= 0.3 is 0 Å². The Morgan fingerprint density at radius 2 is 1.85 bits per heavy atom. The second-order valence-electron chi connectivity index (χ2n) is 6.93. The second-order valence-corrected chi connectivity index (χ2v) is 6.93. The average molecular weight is 352 g/mol. The van der Waals surface area contributed by atoms with Gasteiger partial charge in [0.1, 0.15) is 5.69 Å². The number of piperidine rings is 1. The van der Waals surface area contributed by atoms with Crippen LogP contribution in [0.25, 0.3) is 0 Å². The molecule has 1 unspecified atom stereocenters. The Morgan fingerprint density at radius 1 is 1.12 bits per heavy atom. The number of rotatable bonds is 6. The monoisotopic (exact) mass is 352 g/mol. The van der Waals surface area contributed by atoms with Crippen molar-refractivity contribution < 1.29 is 4.79 Å². The van der Waals surface area contributed by atoms with E-state index in [4.69, 9.17) is 0 Å². The van der Waals surface area contributed by atoms with E-state index in [1.165, 1.54) is 24.9 Å². The molecule has 1 saturated heterocycles. The van der Waals surface area contributed by atoms with Crippen molar-refractivity contribution >= 4 is 23.0 Å². The van der Waals surface area contributed by atoms with Crippen molar-refractivity contribution in [3.8, 4) is 0 Å². The maximum absolute atomic E-state index is 12.5. The molecule has 1 aromatic heterocycles. The van der Waals surface area contributed by atoms with Gasteiger partial charge in [0.2, 0.25) is 0 Å². The highest BCUT2D eigenvalue weighted by atomic mass is 16.1. The van der Waals surface area contributed by atoms with Crippen molar-refractivity contribution in [1.82, 2.24) is 4.98 Å². The van der Waals surface area contributed by atoms with Gasteiger partial charge in [0.25, 0.3) is 5.91 Å².